The van der Waals surface area contributed by atoms with E-state index in [2.05, 4.69) is 10.3 Å². The molecule has 0 bridgehead atoms. The van der Waals surface area contributed by atoms with E-state index >= 15 is 0 Å². The van der Waals surface area contributed by atoms with Gasteiger partial charge < -0.3 is 30.4 Å². The van der Waals surface area contributed by atoms with Crippen molar-refractivity contribution in [1.29, 1.82) is 0 Å². The number of esters is 2. The van der Waals surface area contributed by atoms with E-state index < -0.39 is 48.1 Å². The van der Waals surface area contributed by atoms with Gasteiger partial charge in [0.2, 0.25) is 5.91 Å². The van der Waals surface area contributed by atoms with E-state index in [0.29, 0.717) is 0 Å². The Morgan fingerprint density at radius 3 is 2.56 bits per heavy atom. The number of nitrogens with one attached hydrogen (secondary N) is 1. The van der Waals surface area contributed by atoms with Crippen LogP contribution in [-0.4, -0.2) is 57.4 Å². The summed E-state index contributed by atoms with van der Waals surface area (Å²) in [6, 6.07) is 0. The topological polar surface area (TPSA) is 172 Å². The van der Waals surface area contributed by atoms with Crippen molar-refractivity contribution in [1.82, 2.24) is 9.55 Å². The van der Waals surface area contributed by atoms with Crippen molar-refractivity contribution >= 4 is 29.4 Å². The van der Waals surface area contributed by atoms with Crippen LogP contribution in [0.15, 0.2) is 11.0 Å². The lowest BCUT2D eigenvalue weighted by Crippen LogP contribution is -2.39. The van der Waals surface area contributed by atoms with E-state index in [4.69, 9.17) is 19.9 Å². The molecule has 1 aromatic heterocycles. The van der Waals surface area contributed by atoms with Crippen LogP contribution >= 0.6 is 0 Å². The molecule has 1 fully saturated rings. The Morgan fingerprint density at radius 1 is 1.33 bits per heavy atom. The molecule has 1 aliphatic heterocycles. The van der Waals surface area contributed by atoms with Crippen molar-refractivity contribution in [3.05, 3.63) is 16.7 Å². The Bertz CT molecular complexity index is 807. The van der Waals surface area contributed by atoms with Crippen molar-refractivity contribution in [2.75, 3.05) is 17.7 Å². The summed E-state index contributed by atoms with van der Waals surface area (Å²) >= 11 is 0. The molecule has 1 aliphatic rings. The second-order valence-electron chi connectivity index (χ2n) is 5.84. The number of nitrogens with two attached hydrogens (primary N) is 1. The summed E-state index contributed by atoms with van der Waals surface area (Å²) in [6.45, 7) is 3.24. The predicted molar refractivity (Wildman–Crippen MR) is 89.3 cm³/mol. The lowest BCUT2D eigenvalue weighted by atomic mass is 10.1. The van der Waals surface area contributed by atoms with Gasteiger partial charge in [-0.2, -0.15) is 4.98 Å². The van der Waals surface area contributed by atoms with Crippen molar-refractivity contribution in [2.24, 2.45) is 0 Å². The van der Waals surface area contributed by atoms with Gasteiger partial charge in [0.25, 0.3) is 0 Å². The van der Waals surface area contributed by atoms with Crippen LogP contribution in [0.4, 0.5) is 11.5 Å². The van der Waals surface area contributed by atoms with E-state index in [-0.39, 0.29) is 18.1 Å². The Kier molecular flexibility index (Phi) is 6.13. The van der Waals surface area contributed by atoms with Crippen LogP contribution in [0, 0.1) is 0 Å². The van der Waals surface area contributed by atoms with Gasteiger partial charge >= 0.3 is 17.6 Å². The molecule has 12 heteroatoms. The number of rotatable bonds is 5. The first-order chi connectivity index (χ1) is 12.6. The minimum atomic E-state index is -1.47. The zero-order chi connectivity index (χ0) is 20.3. The van der Waals surface area contributed by atoms with E-state index in [0.717, 1.165) is 17.7 Å². The summed E-state index contributed by atoms with van der Waals surface area (Å²) < 4.78 is 16.4. The maximum atomic E-state index is 12.2. The fraction of sp³-hybridized carbons (Fsp3) is 0.533. The van der Waals surface area contributed by atoms with Gasteiger partial charge in [0.15, 0.2) is 18.1 Å². The van der Waals surface area contributed by atoms with Gasteiger partial charge in [0.1, 0.15) is 24.5 Å². The number of aromatic nitrogens is 2. The number of anilines is 2. The number of carbonyl (C=O) groups is 3. The third-order valence-electron chi connectivity index (χ3n) is 3.63. The zero-order valence-electron chi connectivity index (χ0n) is 14.9. The number of hydrogen-bond donors (Lipinski definition) is 3. The summed E-state index contributed by atoms with van der Waals surface area (Å²) in [5.74, 6) is -1.96. The molecule has 1 amide bonds. The molecule has 4 atom stereocenters. The third-order valence-corrected chi connectivity index (χ3v) is 3.63. The number of amides is 1. The van der Waals surface area contributed by atoms with E-state index in [1.165, 1.54) is 13.8 Å². The highest BCUT2D eigenvalue weighted by atomic mass is 16.6. The van der Waals surface area contributed by atoms with Gasteiger partial charge in [-0.05, 0) is 0 Å². The average Bonchev–Trinajstić information content (AvgIpc) is 2.83. The first-order valence-electron chi connectivity index (χ1n) is 7.90. The molecular formula is C15H20N4O8. The Hall–Kier alpha value is -2.99. The van der Waals surface area contributed by atoms with Gasteiger partial charge in [-0.15, -0.1) is 0 Å². The van der Waals surface area contributed by atoms with Crippen LogP contribution in [0.2, 0.25) is 0 Å². The first-order valence-corrected chi connectivity index (χ1v) is 7.90. The van der Waals surface area contributed by atoms with Crippen molar-refractivity contribution in [2.45, 2.75) is 45.3 Å². The predicted octanol–water partition coefficient (Wildman–Crippen LogP) is -1.46. The van der Waals surface area contributed by atoms with E-state index in [9.17, 15) is 24.3 Å². The molecular weight excluding hydrogens is 364 g/mol. The Morgan fingerprint density at radius 2 is 2.00 bits per heavy atom. The minimum Gasteiger partial charge on any atom is -0.463 e. The number of hydrogen-bond acceptors (Lipinski definition) is 10. The minimum absolute atomic E-state index is 0.0328. The van der Waals surface area contributed by atoms with Gasteiger partial charge in [0.05, 0.1) is 0 Å². The number of carbonyl (C=O) groups excluding carboxylic acids is 3. The lowest BCUT2D eigenvalue weighted by Gasteiger charge is -2.20. The van der Waals surface area contributed by atoms with Gasteiger partial charge in [-0.3, -0.25) is 19.0 Å². The molecule has 148 valence electrons. The lowest BCUT2D eigenvalue weighted by molar-refractivity contribution is -0.157. The molecule has 0 unspecified atom stereocenters. The second kappa shape index (κ2) is 8.14. The highest BCUT2D eigenvalue weighted by Gasteiger charge is 2.48. The molecule has 27 heavy (non-hydrogen) atoms. The normalized spacial score (nSPS) is 24.3. The SMILES string of the molecule is CC(=O)Nc1cn([C@@H]2O[C@H](COC(C)=O)[C@@H](OC(C)=O)[C@@H]2O)c(=O)nc1N. The fourth-order valence-electron chi connectivity index (χ4n) is 2.57. The first kappa shape index (κ1) is 20.3. The number of ether oxygens (including phenoxy) is 3. The molecule has 2 rings (SSSR count). The Labute approximate surface area is 153 Å². The smallest absolute Gasteiger partial charge is 0.351 e. The number of aliphatic hydroxyl groups is 1. The summed E-state index contributed by atoms with van der Waals surface area (Å²) in [6.07, 6.45) is -3.85. The maximum Gasteiger partial charge on any atom is 0.351 e. The van der Waals surface area contributed by atoms with Crippen LogP contribution in [0.3, 0.4) is 0 Å². The number of nitrogen functional groups attached to an aromatic ring is 1. The number of nitrogens with zero attached hydrogens (tertiary/aromatic N) is 2. The molecule has 0 aliphatic carbocycles. The maximum absolute atomic E-state index is 12.2. The van der Waals surface area contributed by atoms with Crippen molar-refractivity contribution in [3.63, 3.8) is 0 Å². The van der Waals surface area contributed by atoms with Crippen LogP contribution in [0.5, 0.6) is 0 Å². The van der Waals surface area contributed by atoms with E-state index in [1.54, 1.807) is 0 Å². The summed E-state index contributed by atoms with van der Waals surface area (Å²) in [5.41, 5.74) is 4.78. The van der Waals surface area contributed by atoms with Crippen LogP contribution < -0.4 is 16.7 Å². The molecule has 2 heterocycles. The van der Waals surface area contributed by atoms with Gasteiger partial charge in [0, 0.05) is 27.0 Å². The van der Waals surface area contributed by atoms with Gasteiger partial charge in [-0.1, -0.05) is 0 Å². The summed E-state index contributed by atoms with van der Waals surface area (Å²) in [4.78, 5) is 49.4. The van der Waals surface area contributed by atoms with E-state index in [1.807, 2.05) is 0 Å². The fourth-order valence-corrected chi connectivity index (χ4v) is 2.57. The van der Waals surface area contributed by atoms with Crippen LogP contribution in [0.1, 0.15) is 27.0 Å². The van der Waals surface area contributed by atoms with Crippen LogP contribution in [-0.2, 0) is 28.6 Å². The standard InChI is InChI=1S/C15H20N4O8/c1-6(20)17-9-4-19(15(24)18-13(9)16)14-11(23)12(26-8(3)22)10(27-14)5-25-7(2)21/h4,10-12,14,23H,5H2,1-3H3,(H,17,20)(H2,16,18,24)/t10-,11+,12-,14-/m1/s1. The number of aliphatic hydroxyl groups excluding tert-OH is 1. The molecule has 12 nitrogen and oxygen atoms in total. The van der Waals surface area contributed by atoms with Crippen LogP contribution in [0.25, 0.3) is 0 Å². The Balaban J connectivity index is 2.36. The average molecular weight is 384 g/mol. The van der Waals surface area contributed by atoms with Crippen molar-refractivity contribution in [3.8, 4) is 0 Å². The molecule has 1 aromatic rings. The molecule has 0 saturated carbocycles. The quantitative estimate of drug-likeness (QED) is 0.509. The monoisotopic (exact) mass is 384 g/mol. The molecule has 0 spiro atoms. The van der Waals surface area contributed by atoms with Crippen molar-refractivity contribution < 1.29 is 33.7 Å². The molecule has 4 N–H and O–H groups in total. The molecule has 0 aromatic carbocycles. The van der Waals surface area contributed by atoms with Gasteiger partial charge in [-0.25, -0.2) is 4.79 Å². The second-order valence-corrected chi connectivity index (χ2v) is 5.84. The highest BCUT2D eigenvalue weighted by molar-refractivity contribution is 5.91. The highest BCUT2D eigenvalue weighted by Crippen LogP contribution is 2.31. The largest absolute Gasteiger partial charge is 0.463 e. The molecule has 1 saturated heterocycles. The third kappa shape index (κ3) is 4.80. The summed E-state index contributed by atoms with van der Waals surface area (Å²) in [5, 5.41) is 12.9. The zero-order valence-corrected chi connectivity index (χ0v) is 14.9. The molecule has 0 radical (unpaired) electrons. The summed E-state index contributed by atoms with van der Waals surface area (Å²) in [7, 11) is 0.